The van der Waals surface area contributed by atoms with Crippen LogP contribution < -0.4 is 5.32 Å². The van der Waals surface area contributed by atoms with E-state index < -0.39 is 18.0 Å². The van der Waals surface area contributed by atoms with E-state index in [1.54, 1.807) is 19.2 Å². The Hall–Kier alpha value is -1.75. The minimum absolute atomic E-state index is 0.368. The Morgan fingerprint density at radius 3 is 2.71 bits per heavy atom. The molecular formula is C15H21ClN2O3. The van der Waals surface area contributed by atoms with Crippen LogP contribution in [0.25, 0.3) is 0 Å². The molecule has 0 saturated heterocycles. The molecule has 0 aliphatic carbocycles. The first kappa shape index (κ1) is 17.3. The van der Waals surface area contributed by atoms with Gasteiger partial charge in [0.2, 0.25) is 0 Å². The number of nitrogens with zero attached hydrogens (tertiary/aromatic N) is 1. The van der Waals surface area contributed by atoms with E-state index in [-0.39, 0.29) is 0 Å². The lowest BCUT2D eigenvalue weighted by Crippen LogP contribution is -2.46. The van der Waals surface area contributed by atoms with Crippen LogP contribution in [0.2, 0.25) is 5.02 Å². The molecule has 0 saturated carbocycles. The molecule has 0 fully saturated rings. The normalized spacial score (nSPS) is 11.8. The average Bonchev–Trinajstić information content (AvgIpc) is 2.42. The first-order chi connectivity index (χ1) is 9.93. The molecule has 0 bridgehead atoms. The van der Waals surface area contributed by atoms with Crippen molar-refractivity contribution in [3.05, 3.63) is 34.9 Å². The monoisotopic (exact) mass is 312 g/mol. The van der Waals surface area contributed by atoms with Crippen molar-refractivity contribution in [2.75, 3.05) is 7.05 Å². The highest BCUT2D eigenvalue weighted by Gasteiger charge is 2.21. The van der Waals surface area contributed by atoms with Gasteiger partial charge in [0.05, 0.1) is 0 Å². The van der Waals surface area contributed by atoms with Gasteiger partial charge >= 0.3 is 12.0 Å². The van der Waals surface area contributed by atoms with E-state index in [2.05, 4.69) is 5.32 Å². The summed E-state index contributed by atoms with van der Waals surface area (Å²) in [6, 6.07) is 5.96. The summed E-state index contributed by atoms with van der Waals surface area (Å²) in [5.74, 6) is -1.01. The highest BCUT2D eigenvalue weighted by molar-refractivity contribution is 6.30. The number of aliphatic carboxylic acids is 1. The van der Waals surface area contributed by atoms with Crippen LogP contribution in [0.4, 0.5) is 4.79 Å². The number of carboxylic acids is 1. The largest absolute Gasteiger partial charge is 0.480 e. The average molecular weight is 313 g/mol. The molecule has 1 atom stereocenters. The number of urea groups is 1. The summed E-state index contributed by atoms with van der Waals surface area (Å²) < 4.78 is 0. The summed E-state index contributed by atoms with van der Waals surface area (Å²) in [6.45, 7) is 2.35. The zero-order chi connectivity index (χ0) is 15.8. The predicted octanol–water partition coefficient (Wildman–Crippen LogP) is 3.12. The minimum Gasteiger partial charge on any atom is -0.480 e. The fraction of sp³-hybridized carbons (Fsp3) is 0.467. The number of benzene rings is 1. The van der Waals surface area contributed by atoms with Crippen molar-refractivity contribution in [1.29, 1.82) is 0 Å². The van der Waals surface area contributed by atoms with Crippen molar-refractivity contribution in [1.82, 2.24) is 10.2 Å². The van der Waals surface area contributed by atoms with Gasteiger partial charge in [-0.05, 0) is 24.1 Å². The molecule has 21 heavy (non-hydrogen) atoms. The third-order valence-corrected chi connectivity index (χ3v) is 3.33. The molecular weight excluding hydrogens is 292 g/mol. The lowest BCUT2D eigenvalue weighted by molar-refractivity contribution is -0.139. The van der Waals surface area contributed by atoms with E-state index in [0.717, 1.165) is 18.4 Å². The quantitative estimate of drug-likeness (QED) is 0.812. The highest BCUT2D eigenvalue weighted by atomic mass is 35.5. The number of nitrogens with one attached hydrogen (secondary N) is 1. The van der Waals surface area contributed by atoms with Gasteiger partial charge < -0.3 is 15.3 Å². The minimum atomic E-state index is -1.01. The van der Waals surface area contributed by atoms with Crippen LogP contribution in [-0.4, -0.2) is 35.1 Å². The van der Waals surface area contributed by atoms with Crippen LogP contribution in [0.1, 0.15) is 31.7 Å². The van der Waals surface area contributed by atoms with Crippen molar-refractivity contribution < 1.29 is 14.7 Å². The second-order valence-electron chi connectivity index (χ2n) is 4.97. The third-order valence-electron chi connectivity index (χ3n) is 3.10. The Bertz CT molecular complexity index is 494. The molecule has 1 rings (SSSR count). The van der Waals surface area contributed by atoms with Crippen molar-refractivity contribution in [3.8, 4) is 0 Å². The maximum Gasteiger partial charge on any atom is 0.326 e. The standard InChI is InChI=1S/C15H21ClN2O3/c1-3-4-8-13(14(19)20)17-15(21)18(2)10-11-6-5-7-12(16)9-11/h5-7,9,13H,3-4,8,10H2,1-2H3,(H,17,21)(H,19,20). The molecule has 1 aromatic rings. The Morgan fingerprint density at radius 2 is 2.14 bits per heavy atom. The van der Waals surface area contributed by atoms with E-state index in [4.69, 9.17) is 16.7 Å². The van der Waals surface area contributed by atoms with Crippen LogP contribution in [0.5, 0.6) is 0 Å². The number of halogens is 1. The van der Waals surface area contributed by atoms with Gasteiger partial charge in [-0.3, -0.25) is 0 Å². The fourth-order valence-electron chi connectivity index (χ4n) is 1.91. The van der Waals surface area contributed by atoms with E-state index in [1.165, 1.54) is 4.90 Å². The van der Waals surface area contributed by atoms with Crippen LogP contribution in [0.15, 0.2) is 24.3 Å². The maximum absolute atomic E-state index is 12.0. The molecule has 116 valence electrons. The lowest BCUT2D eigenvalue weighted by Gasteiger charge is -2.21. The zero-order valence-corrected chi connectivity index (χ0v) is 13.1. The molecule has 0 heterocycles. The first-order valence-electron chi connectivity index (χ1n) is 6.93. The fourth-order valence-corrected chi connectivity index (χ4v) is 2.12. The van der Waals surface area contributed by atoms with Gasteiger partial charge in [-0.25, -0.2) is 9.59 Å². The van der Waals surface area contributed by atoms with Crippen LogP contribution in [-0.2, 0) is 11.3 Å². The number of carboxylic acid groups (broad SMARTS) is 1. The summed E-state index contributed by atoms with van der Waals surface area (Å²) in [6.07, 6.45) is 2.08. The first-order valence-corrected chi connectivity index (χ1v) is 7.30. The van der Waals surface area contributed by atoms with Gasteiger partial charge in [-0.15, -0.1) is 0 Å². The second kappa shape index (κ2) is 8.52. The number of rotatable bonds is 7. The highest BCUT2D eigenvalue weighted by Crippen LogP contribution is 2.12. The maximum atomic E-state index is 12.0. The topological polar surface area (TPSA) is 69.6 Å². The number of unbranched alkanes of at least 4 members (excludes halogenated alkanes) is 1. The molecule has 2 amide bonds. The van der Waals surface area contributed by atoms with Gasteiger partial charge in [-0.1, -0.05) is 43.5 Å². The van der Waals surface area contributed by atoms with Gasteiger partial charge in [0.25, 0.3) is 0 Å². The molecule has 1 unspecified atom stereocenters. The number of hydrogen-bond donors (Lipinski definition) is 2. The molecule has 0 aliphatic rings. The van der Waals surface area contributed by atoms with Crippen molar-refractivity contribution in [2.24, 2.45) is 0 Å². The predicted molar refractivity (Wildman–Crippen MR) is 82.4 cm³/mol. The summed E-state index contributed by atoms with van der Waals surface area (Å²) in [5, 5.41) is 12.3. The van der Waals surface area contributed by atoms with E-state index in [0.29, 0.717) is 18.0 Å². The molecule has 0 aliphatic heterocycles. The molecule has 0 aromatic heterocycles. The van der Waals surface area contributed by atoms with Crippen LogP contribution in [0.3, 0.4) is 0 Å². The Labute approximate surface area is 129 Å². The van der Waals surface area contributed by atoms with Gasteiger partial charge in [0.1, 0.15) is 6.04 Å². The van der Waals surface area contributed by atoms with Crippen LogP contribution >= 0.6 is 11.6 Å². The lowest BCUT2D eigenvalue weighted by atomic mass is 10.1. The van der Waals surface area contributed by atoms with E-state index >= 15 is 0 Å². The van der Waals surface area contributed by atoms with Crippen molar-refractivity contribution in [3.63, 3.8) is 0 Å². The SMILES string of the molecule is CCCCC(NC(=O)N(C)Cc1cccc(Cl)c1)C(=O)O. The Morgan fingerprint density at radius 1 is 1.43 bits per heavy atom. The molecule has 2 N–H and O–H groups in total. The molecule has 6 heteroatoms. The number of carbonyl (C=O) groups is 2. The summed E-state index contributed by atoms with van der Waals surface area (Å²) >= 11 is 5.89. The summed E-state index contributed by atoms with van der Waals surface area (Å²) in [5.41, 5.74) is 0.889. The van der Waals surface area contributed by atoms with E-state index in [1.807, 2.05) is 19.1 Å². The van der Waals surface area contributed by atoms with E-state index in [9.17, 15) is 9.59 Å². The Kier molecular flexibility index (Phi) is 7.02. The third kappa shape index (κ3) is 6.04. The molecule has 5 nitrogen and oxygen atoms in total. The van der Waals surface area contributed by atoms with Gasteiger partial charge in [0.15, 0.2) is 0 Å². The summed E-state index contributed by atoms with van der Waals surface area (Å²) in [4.78, 5) is 24.6. The molecule has 0 radical (unpaired) electrons. The van der Waals surface area contributed by atoms with Crippen LogP contribution in [0, 0.1) is 0 Å². The summed E-state index contributed by atoms with van der Waals surface area (Å²) in [7, 11) is 1.62. The van der Waals surface area contributed by atoms with Gasteiger partial charge in [0, 0.05) is 18.6 Å². The smallest absolute Gasteiger partial charge is 0.326 e. The molecule has 0 spiro atoms. The zero-order valence-electron chi connectivity index (χ0n) is 12.3. The number of hydrogen-bond acceptors (Lipinski definition) is 2. The van der Waals surface area contributed by atoms with Crippen molar-refractivity contribution in [2.45, 2.75) is 38.8 Å². The van der Waals surface area contributed by atoms with Crippen molar-refractivity contribution >= 4 is 23.6 Å². The molecule has 1 aromatic carbocycles. The number of carbonyl (C=O) groups excluding carboxylic acids is 1. The second-order valence-corrected chi connectivity index (χ2v) is 5.40. The van der Waals surface area contributed by atoms with Gasteiger partial charge in [-0.2, -0.15) is 0 Å². The Balaban J connectivity index is 2.58. The number of amides is 2.